The number of nitrogens with one attached hydrogen (secondary N) is 1. The number of rotatable bonds is 5. The normalized spacial score (nSPS) is 10.0. The Bertz CT molecular complexity index is 739. The summed E-state index contributed by atoms with van der Waals surface area (Å²) in [5.74, 6) is -1.08. The lowest BCUT2D eigenvalue weighted by molar-refractivity contribution is 0.0519. The molecule has 0 aliphatic carbocycles. The molecule has 6 heteroatoms. The molecule has 1 amide bonds. The van der Waals surface area contributed by atoms with Crippen molar-refractivity contribution in [3.8, 4) is 0 Å². The Morgan fingerprint density at radius 2 is 1.70 bits per heavy atom. The van der Waals surface area contributed by atoms with E-state index >= 15 is 0 Å². The van der Waals surface area contributed by atoms with Crippen LogP contribution in [0.5, 0.6) is 0 Å². The van der Waals surface area contributed by atoms with Crippen LogP contribution in [0.1, 0.15) is 45.2 Å². The second-order valence-electron chi connectivity index (χ2n) is 4.72. The van der Waals surface area contributed by atoms with Gasteiger partial charge in [0.15, 0.2) is 5.78 Å². The van der Waals surface area contributed by atoms with E-state index in [1.807, 2.05) is 0 Å². The lowest BCUT2D eigenvalue weighted by Gasteiger charge is -2.06. The number of aromatic nitrogens is 1. The van der Waals surface area contributed by atoms with Gasteiger partial charge in [0.2, 0.25) is 0 Å². The summed E-state index contributed by atoms with van der Waals surface area (Å²) in [5, 5.41) is 2.66. The molecule has 1 aromatic heterocycles. The third-order valence-corrected chi connectivity index (χ3v) is 3.02. The quantitative estimate of drug-likeness (QED) is 0.677. The molecule has 6 nitrogen and oxygen atoms in total. The first-order valence-electron chi connectivity index (χ1n) is 7.07. The van der Waals surface area contributed by atoms with E-state index in [4.69, 9.17) is 4.74 Å². The summed E-state index contributed by atoms with van der Waals surface area (Å²) in [4.78, 5) is 39.0. The first-order chi connectivity index (χ1) is 11.0. The number of carbonyl (C=O) groups excluding carboxylic acids is 3. The van der Waals surface area contributed by atoms with Crippen molar-refractivity contribution in [1.82, 2.24) is 4.98 Å². The van der Waals surface area contributed by atoms with Gasteiger partial charge in [0.1, 0.15) is 11.4 Å². The van der Waals surface area contributed by atoms with Gasteiger partial charge in [-0.3, -0.25) is 9.59 Å². The Balaban J connectivity index is 2.12. The zero-order valence-corrected chi connectivity index (χ0v) is 12.8. The SMILES string of the molecule is CCOC(=O)c1cccc(C(=O)Nc2ccc(C(C)=O)cc2)n1. The highest BCUT2D eigenvalue weighted by Gasteiger charge is 2.13. The number of nitrogens with zero attached hydrogens (tertiary/aromatic N) is 1. The third-order valence-electron chi connectivity index (χ3n) is 3.02. The standard InChI is InChI=1S/C17H16N2O4/c1-3-23-17(22)15-6-4-5-14(19-15)16(21)18-13-9-7-12(8-10-13)11(2)20/h4-10H,3H2,1-2H3,(H,18,21). The lowest BCUT2D eigenvalue weighted by Crippen LogP contribution is -2.16. The highest BCUT2D eigenvalue weighted by Crippen LogP contribution is 2.12. The number of ketones is 1. The maximum Gasteiger partial charge on any atom is 0.356 e. The zero-order chi connectivity index (χ0) is 16.8. The highest BCUT2D eigenvalue weighted by atomic mass is 16.5. The fourth-order valence-electron chi connectivity index (χ4n) is 1.86. The molecule has 0 saturated heterocycles. The van der Waals surface area contributed by atoms with Crippen LogP contribution in [0.4, 0.5) is 5.69 Å². The minimum absolute atomic E-state index is 0.0494. The van der Waals surface area contributed by atoms with E-state index < -0.39 is 11.9 Å². The molecule has 0 spiro atoms. The van der Waals surface area contributed by atoms with Crippen LogP contribution in [0.3, 0.4) is 0 Å². The number of anilines is 1. The summed E-state index contributed by atoms with van der Waals surface area (Å²) in [7, 11) is 0. The summed E-state index contributed by atoms with van der Waals surface area (Å²) in [6.07, 6.45) is 0. The highest BCUT2D eigenvalue weighted by molar-refractivity contribution is 6.04. The number of ether oxygens (including phenoxy) is 1. The molecule has 0 saturated carbocycles. The Labute approximate surface area is 133 Å². The van der Waals surface area contributed by atoms with Gasteiger partial charge >= 0.3 is 5.97 Å². The molecule has 0 aliphatic heterocycles. The number of carbonyl (C=O) groups is 3. The van der Waals surface area contributed by atoms with Gasteiger partial charge < -0.3 is 10.1 Å². The van der Waals surface area contributed by atoms with Gasteiger partial charge in [-0.05, 0) is 50.2 Å². The predicted molar refractivity (Wildman–Crippen MR) is 84.6 cm³/mol. The Kier molecular flexibility index (Phi) is 5.19. The molecule has 1 aromatic carbocycles. The van der Waals surface area contributed by atoms with Gasteiger partial charge in [0.05, 0.1) is 6.61 Å². The topological polar surface area (TPSA) is 85.4 Å². The van der Waals surface area contributed by atoms with E-state index in [0.29, 0.717) is 11.3 Å². The molecule has 0 aliphatic rings. The van der Waals surface area contributed by atoms with Crippen LogP contribution in [0.25, 0.3) is 0 Å². The van der Waals surface area contributed by atoms with Crippen molar-refractivity contribution in [3.05, 3.63) is 59.4 Å². The van der Waals surface area contributed by atoms with Crippen molar-refractivity contribution in [2.45, 2.75) is 13.8 Å². The summed E-state index contributed by atoms with van der Waals surface area (Å²) >= 11 is 0. The number of Topliss-reactive ketones (excluding diaryl/α,β-unsaturated/α-hetero) is 1. The molecule has 0 radical (unpaired) electrons. The van der Waals surface area contributed by atoms with Crippen molar-refractivity contribution in [1.29, 1.82) is 0 Å². The second-order valence-corrected chi connectivity index (χ2v) is 4.72. The van der Waals surface area contributed by atoms with Crippen LogP contribution >= 0.6 is 0 Å². The molecule has 2 aromatic rings. The van der Waals surface area contributed by atoms with Gasteiger partial charge in [-0.25, -0.2) is 9.78 Å². The summed E-state index contributed by atoms with van der Waals surface area (Å²) in [6, 6.07) is 11.1. The van der Waals surface area contributed by atoms with E-state index in [0.717, 1.165) is 0 Å². The van der Waals surface area contributed by atoms with Crippen LogP contribution in [-0.2, 0) is 4.74 Å². The molecule has 1 heterocycles. The first-order valence-corrected chi connectivity index (χ1v) is 7.07. The molecule has 2 rings (SSSR count). The van der Waals surface area contributed by atoms with Gasteiger partial charge in [0, 0.05) is 11.3 Å². The third kappa shape index (κ3) is 4.23. The second kappa shape index (κ2) is 7.31. The Morgan fingerprint density at radius 1 is 1.04 bits per heavy atom. The van der Waals surface area contributed by atoms with E-state index in [1.165, 1.54) is 19.1 Å². The number of pyridine rings is 1. The predicted octanol–water partition coefficient (Wildman–Crippen LogP) is 2.71. The summed E-state index contributed by atoms with van der Waals surface area (Å²) in [6.45, 7) is 3.40. The van der Waals surface area contributed by atoms with E-state index in [2.05, 4.69) is 10.3 Å². The van der Waals surface area contributed by atoms with Crippen molar-refractivity contribution < 1.29 is 19.1 Å². The molecule has 1 N–H and O–H groups in total. The van der Waals surface area contributed by atoms with Crippen molar-refractivity contribution >= 4 is 23.3 Å². The fraction of sp³-hybridized carbons (Fsp3) is 0.176. The molecule has 0 unspecified atom stereocenters. The number of amides is 1. The van der Waals surface area contributed by atoms with Crippen molar-refractivity contribution in [2.75, 3.05) is 11.9 Å². The van der Waals surface area contributed by atoms with Crippen LogP contribution in [-0.4, -0.2) is 29.3 Å². The largest absolute Gasteiger partial charge is 0.461 e. The van der Waals surface area contributed by atoms with Crippen molar-refractivity contribution in [3.63, 3.8) is 0 Å². The molecule has 118 valence electrons. The van der Waals surface area contributed by atoms with E-state index in [-0.39, 0.29) is 23.8 Å². The Morgan fingerprint density at radius 3 is 2.30 bits per heavy atom. The molecular weight excluding hydrogens is 296 g/mol. The number of hydrogen-bond acceptors (Lipinski definition) is 5. The number of esters is 1. The van der Waals surface area contributed by atoms with Gasteiger partial charge in [0.25, 0.3) is 5.91 Å². The molecule has 0 fully saturated rings. The average molecular weight is 312 g/mol. The van der Waals surface area contributed by atoms with Gasteiger partial charge in [-0.2, -0.15) is 0 Å². The monoisotopic (exact) mass is 312 g/mol. The summed E-state index contributed by atoms with van der Waals surface area (Å²) < 4.78 is 4.85. The minimum Gasteiger partial charge on any atom is -0.461 e. The minimum atomic E-state index is -0.576. The van der Waals surface area contributed by atoms with Gasteiger partial charge in [-0.1, -0.05) is 6.07 Å². The Hall–Kier alpha value is -3.02. The van der Waals surface area contributed by atoms with Crippen molar-refractivity contribution in [2.24, 2.45) is 0 Å². The van der Waals surface area contributed by atoms with E-state index in [9.17, 15) is 14.4 Å². The van der Waals surface area contributed by atoms with E-state index in [1.54, 1.807) is 37.3 Å². The molecule has 23 heavy (non-hydrogen) atoms. The molecular formula is C17H16N2O4. The maximum absolute atomic E-state index is 12.2. The van der Waals surface area contributed by atoms with Crippen LogP contribution in [0.15, 0.2) is 42.5 Å². The smallest absolute Gasteiger partial charge is 0.356 e. The lowest BCUT2D eigenvalue weighted by atomic mass is 10.1. The first kappa shape index (κ1) is 16.4. The van der Waals surface area contributed by atoms with Crippen LogP contribution < -0.4 is 5.32 Å². The average Bonchev–Trinajstić information content (AvgIpc) is 2.55. The summed E-state index contributed by atoms with van der Waals surface area (Å²) in [5.41, 5.74) is 1.27. The number of hydrogen-bond donors (Lipinski definition) is 1. The van der Waals surface area contributed by atoms with Crippen LogP contribution in [0.2, 0.25) is 0 Å². The number of benzene rings is 1. The zero-order valence-electron chi connectivity index (χ0n) is 12.8. The maximum atomic E-state index is 12.2. The fourth-order valence-corrected chi connectivity index (χ4v) is 1.86. The molecule has 0 atom stereocenters. The molecule has 0 bridgehead atoms. The van der Waals surface area contributed by atoms with Gasteiger partial charge in [-0.15, -0.1) is 0 Å². The van der Waals surface area contributed by atoms with Crippen LogP contribution in [0, 0.1) is 0 Å².